The molecule has 672 valence electrons. The number of aryl methyl sites for hydroxylation is 2. The molecule has 0 saturated carbocycles. The Morgan fingerprint density at radius 1 is 0.309 bits per heavy atom. The van der Waals surface area contributed by atoms with E-state index < -0.39 is 0 Å². The summed E-state index contributed by atoms with van der Waals surface area (Å²) in [5.41, 5.74) is 64.4. The highest BCUT2D eigenvalue weighted by atomic mass is 19.1. The molecule has 6 aromatic carbocycles. The Morgan fingerprint density at radius 2 is 0.676 bits per heavy atom. The topological polar surface area (TPSA) is 488 Å². The molecule has 12 aromatic heterocycles. The molecule has 0 atom stereocenters. The largest absolute Gasteiger partial charge is 0.325 e. The summed E-state index contributed by atoms with van der Waals surface area (Å²) in [5.74, 6) is -0.646. The van der Waals surface area contributed by atoms with E-state index in [1.807, 2.05) is 161 Å². The minimum atomic E-state index is -0.379. The Kier molecular flexibility index (Phi) is 24.4. The molecular formula is C100H82F2N28O6. The van der Waals surface area contributed by atoms with E-state index in [0.717, 1.165) is 158 Å². The predicted octanol–water partition coefficient (Wildman–Crippen LogP) is 10.1. The summed E-state index contributed by atoms with van der Waals surface area (Å²) >= 11 is 0. The van der Waals surface area contributed by atoms with Gasteiger partial charge < -0.3 is 34.4 Å². The van der Waals surface area contributed by atoms with Gasteiger partial charge in [-0.15, -0.1) is 0 Å². The van der Waals surface area contributed by atoms with Crippen LogP contribution in [0.2, 0.25) is 0 Å². The molecule has 136 heavy (non-hydrogen) atoms. The average Bonchev–Trinajstić information content (AvgIpc) is 1.64. The van der Waals surface area contributed by atoms with Gasteiger partial charge in [-0.3, -0.25) is 95.7 Å². The summed E-state index contributed by atoms with van der Waals surface area (Å²) in [7, 11) is 0. The maximum atomic E-state index is 13.8. The number of hydrogen-bond donors (Lipinski definition) is 6. The minimum Gasteiger partial charge on any atom is -0.325 e. The van der Waals surface area contributed by atoms with Crippen molar-refractivity contribution in [3.8, 4) is 67.5 Å². The molecular weight excluding hydrogens is 1730 g/mol. The number of fused-ring (bicyclic) bond motifs is 12. The molecule has 0 unspecified atom stereocenters. The number of Topliss-reactive ketones (excluding diaryl/α,β-unsaturated/α-hetero) is 6. The molecule has 0 radical (unpaired) electrons. The summed E-state index contributed by atoms with van der Waals surface area (Å²) < 4.78 is 38.4. The van der Waals surface area contributed by atoms with Crippen LogP contribution < -0.4 is 34.4 Å². The number of benzene rings is 6. The number of hydrogen-bond acceptors (Lipinski definition) is 28. The molecule has 0 aliphatic carbocycles. The lowest BCUT2D eigenvalue weighted by Gasteiger charge is -2.16. The normalized spacial score (nSPS) is 14.0. The van der Waals surface area contributed by atoms with E-state index in [2.05, 4.69) is 79.9 Å². The Balaban J connectivity index is 0.000000105. The number of carbonyl (C=O) groups excluding carboxylic acids is 6. The van der Waals surface area contributed by atoms with Crippen LogP contribution in [-0.4, -0.2) is 224 Å². The fraction of sp³-hybridized carbons (Fsp3) is 0.140. The molecule has 0 amide bonds. The van der Waals surface area contributed by atoms with E-state index in [1.165, 1.54) is 18.3 Å². The highest BCUT2D eigenvalue weighted by Crippen LogP contribution is 2.35. The summed E-state index contributed by atoms with van der Waals surface area (Å²) in [5, 5.41) is 4.32. The maximum Gasteiger partial charge on any atom is 0.184 e. The fourth-order valence-corrected chi connectivity index (χ4v) is 17.2. The smallest absolute Gasteiger partial charge is 0.184 e. The van der Waals surface area contributed by atoms with Crippen molar-refractivity contribution in [2.45, 2.75) is 13.8 Å². The van der Waals surface area contributed by atoms with Gasteiger partial charge in [0.15, 0.2) is 68.8 Å². The number of rotatable bonds is 12. The second-order valence-electron chi connectivity index (χ2n) is 32.0. The first kappa shape index (κ1) is 88.1. The molecule has 12 N–H and O–H groups in total. The van der Waals surface area contributed by atoms with Crippen LogP contribution in [0.1, 0.15) is 107 Å². The van der Waals surface area contributed by atoms with Gasteiger partial charge in [-0.25, -0.2) is 43.2 Å². The van der Waals surface area contributed by atoms with Gasteiger partial charge in [0.2, 0.25) is 0 Å². The number of halogens is 2. The third-order valence-corrected chi connectivity index (χ3v) is 23.9. The van der Waals surface area contributed by atoms with Gasteiger partial charge in [-0.05, 0) is 123 Å². The van der Waals surface area contributed by atoms with Crippen LogP contribution in [0.25, 0.3) is 101 Å². The first-order valence-corrected chi connectivity index (χ1v) is 43.1. The molecule has 24 rings (SSSR count). The van der Waals surface area contributed by atoms with Crippen molar-refractivity contribution >= 4 is 103 Å². The summed E-state index contributed by atoms with van der Waals surface area (Å²) in [6.45, 7) is 6.71. The van der Waals surface area contributed by atoms with Crippen molar-refractivity contribution in [1.82, 2.24) is 76.5 Å². The minimum absolute atomic E-state index is 0.0204. The lowest BCUT2D eigenvalue weighted by molar-refractivity contribution is 0.0992. The first-order valence-electron chi connectivity index (χ1n) is 43.1. The number of imidazole rings is 6. The van der Waals surface area contributed by atoms with E-state index in [0.29, 0.717) is 76.6 Å². The van der Waals surface area contributed by atoms with Crippen LogP contribution >= 0.6 is 0 Å². The number of nitrogens with zero attached hydrogens (tertiary/aromatic N) is 22. The van der Waals surface area contributed by atoms with Gasteiger partial charge in [0, 0.05) is 189 Å². The molecule has 18 aromatic rings. The highest BCUT2D eigenvalue weighted by molar-refractivity contribution is 6.21. The summed E-state index contributed by atoms with van der Waals surface area (Å²) in [4.78, 5) is 136. The Morgan fingerprint density at radius 3 is 1.13 bits per heavy atom. The lowest BCUT2D eigenvalue weighted by atomic mass is 9.93. The molecule has 34 nitrogen and oxygen atoms in total. The van der Waals surface area contributed by atoms with Gasteiger partial charge in [-0.1, -0.05) is 36.4 Å². The third-order valence-electron chi connectivity index (χ3n) is 23.9. The van der Waals surface area contributed by atoms with E-state index in [9.17, 15) is 37.5 Å². The van der Waals surface area contributed by atoms with Crippen LogP contribution in [0, 0.1) is 25.5 Å². The highest BCUT2D eigenvalue weighted by Gasteiger charge is 2.29. The Labute approximate surface area is 771 Å². The molecule has 6 aliphatic rings. The van der Waals surface area contributed by atoms with Crippen LogP contribution in [0.3, 0.4) is 0 Å². The van der Waals surface area contributed by atoms with Crippen LogP contribution in [0.4, 0.5) is 8.78 Å². The first-order chi connectivity index (χ1) is 66.3. The SMILES string of the molecule is Cc1cn2c(-c3ccc4c(c3)C(CN)=NCC4=O)cnc2cn1.Cc1nc2cnccn2c1-c1ccc2c(c1)C(CN)=NCC2=O.NCC1=NCC(=O)c2ccc(-c3cnc4c(F)cccn34)cc21.NCC1=NCC(=O)c2ccc(-c3cnc4ccc(F)cn34)cc21.NCC1=NCC(=O)c2ccc(-c3cnc4cccnn34)cc21.NCC1=NCC(=O)c2ccc(-c3cnc4cnccn34)cc21. The van der Waals surface area contributed by atoms with E-state index in [1.54, 1.807) is 106 Å². The van der Waals surface area contributed by atoms with E-state index in [-0.39, 0.29) is 104 Å². The number of ketones is 6. The zero-order valence-corrected chi connectivity index (χ0v) is 73.1. The predicted molar refractivity (Wildman–Crippen MR) is 513 cm³/mol. The van der Waals surface area contributed by atoms with Crippen molar-refractivity contribution in [2.24, 2.45) is 64.4 Å². The van der Waals surface area contributed by atoms with Crippen molar-refractivity contribution in [1.29, 1.82) is 0 Å². The van der Waals surface area contributed by atoms with Gasteiger partial charge in [0.1, 0.15) is 50.7 Å². The molecule has 0 fully saturated rings. The number of carbonyl (C=O) groups is 6. The quantitative estimate of drug-likeness (QED) is 0.0662. The molecule has 36 heteroatoms. The second kappa shape index (κ2) is 37.6. The maximum absolute atomic E-state index is 13.8. The van der Waals surface area contributed by atoms with Gasteiger partial charge >= 0.3 is 0 Å². The average molecular weight is 1810 g/mol. The van der Waals surface area contributed by atoms with Gasteiger partial charge in [0.25, 0.3) is 0 Å². The van der Waals surface area contributed by atoms with Crippen molar-refractivity contribution in [3.05, 3.63) is 335 Å². The second-order valence-corrected chi connectivity index (χ2v) is 32.0. The summed E-state index contributed by atoms with van der Waals surface area (Å²) in [6, 6.07) is 43.7. The zero-order valence-electron chi connectivity index (χ0n) is 73.1. The molecule has 6 aliphatic heterocycles. The number of pyridine rings is 2. The number of aliphatic imine (C=N–C) groups is 6. The zero-order chi connectivity index (χ0) is 94.1. The van der Waals surface area contributed by atoms with Gasteiger partial charge in [0.05, 0.1) is 129 Å². The molecule has 0 spiro atoms. The van der Waals surface area contributed by atoms with E-state index >= 15 is 0 Å². The van der Waals surface area contributed by atoms with Crippen molar-refractivity contribution in [3.63, 3.8) is 0 Å². The Hall–Kier alpha value is -17.2. The lowest BCUT2D eigenvalue weighted by Crippen LogP contribution is -2.25. The summed E-state index contributed by atoms with van der Waals surface area (Å²) in [6.07, 6.45) is 27.8. The molecule has 18 heterocycles. The molecule has 0 bridgehead atoms. The van der Waals surface area contributed by atoms with Crippen LogP contribution in [0.5, 0.6) is 0 Å². The monoisotopic (exact) mass is 1810 g/mol. The van der Waals surface area contributed by atoms with Crippen LogP contribution in [0.15, 0.2) is 275 Å². The number of nitrogens with two attached hydrogens (primary N) is 6. The van der Waals surface area contributed by atoms with Crippen molar-refractivity contribution in [2.75, 3.05) is 78.5 Å². The third kappa shape index (κ3) is 16.9. The fourth-order valence-electron chi connectivity index (χ4n) is 17.2. The Bertz CT molecular complexity index is 7750. The molecule has 0 saturated heterocycles. The van der Waals surface area contributed by atoms with Crippen molar-refractivity contribution < 1.29 is 37.5 Å². The van der Waals surface area contributed by atoms with E-state index in [4.69, 9.17) is 34.4 Å². The standard InChI is InChI=1S/2C17H13FN4O.2C17H15N5O.2C16H13N5O/c18-11-2-4-17-21-7-15(22(17)9-11)10-1-3-12-13(5-10)14(6-19)20-8-16(12)23;18-13-2-1-5-22-15(8-21-17(13)22)10-3-4-11-12(6-10)14(7-19)20-9-16(11)23;1-10-9-22-15(6-21-17(22)8-19-10)11-2-3-12-13(4-11)14(5-18)20-7-16(12)23;1-10-17(22-5-4-19-9-16(22)21-10)11-2-3-12-13(6-11)14(7-18)20-8-15(12)23;17-6-13-12-5-10(1-2-11(12)15(22)8-19-13)14-7-20-16-9-18-3-4-21(14)16;17-7-13-12-6-10(3-4-11(12)15(22)9-18-13)14-8-19-16-2-1-5-20-21(14)16/h1-5,7,9H,6,8,19H2;1-6,8H,7,9,19H2;2-4,6,8-9H,5,7,18H2,1H3;2-6,9H,7-8,18H2,1H3;1-5,7,9H,6,8,17H2;1-6,8H,7,9,17H2. The van der Waals surface area contributed by atoms with Gasteiger partial charge in [-0.2, -0.15) is 5.10 Å². The number of aromatic nitrogens is 16. The van der Waals surface area contributed by atoms with Crippen LogP contribution in [-0.2, 0) is 0 Å².